The van der Waals surface area contributed by atoms with Crippen LogP contribution in [0.2, 0.25) is 0 Å². The van der Waals surface area contributed by atoms with Crippen molar-refractivity contribution in [2.75, 3.05) is 13.7 Å². The zero-order valence-corrected chi connectivity index (χ0v) is 9.27. The van der Waals surface area contributed by atoms with Gasteiger partial charge in [0.25, 0.3) is 0 Å². The summed E-state index contributed by atoms with van der Waals surface area (Å²) in [5.41, 5.74) is 0.531. The van der Waals surface area contributed by atoms with Gasteiger partial charge in [0.15, 0.2) is 0 Å². The highest BCUT2D eigenvalue weighted by molar-refractivity contribution is 5.71. The summed E-state index contributed by atoms with van der Waals surface area (Å²) in [7, 11) is 1.34. The van der Waals surface area contributed by atoms with E-state index in [1.54, 1.807) is 31.2 Å². The first kappa shape index (κ1) is 12.1. The molecule has 0 heterocycles. The first-order valence-corrected chi connectivity index (χ1v) is 4.88. The van der Waals surface area contributed by atoms with Gasteiger partial charge < -0.3 is 9.47 Å². The van der Waals surface area contributed by atoms with E-state index in [-0.39, 0.29) is 18.5 Å². The van der Waals surface area contributed by atoms with Gasteiger partial charge in [-0.2, -0.15) is 5.26 Å². The minimum atomic E-state index is -0.323. The number of methoxy groups -OCH3 is 1. The molecule has 0 aromatic heterocycles. The Morgan fingerprint density at radius 3 is 2.94 bits per heavy atom. The van der Waals surface area contributed by atoms with Gasteiger partial charge in [0, 0.05) is 0 Å². The maximum absolute atomic E-state index is 11.1. The van der Waals surface area contributed by atoms with Crippen LogP contribution in [-0.2, 0) is 9.53 Å². The van der Waals surface area contributed by atoms with Gasteiger partial charge in [0.2, 0.25) is 0 Å². The topological polar surface area (TPSA) is 59.3 Å². The van der Waals surface area contributed by atoms with E-state index in [0.29, 0.717) is 11.3 Å². The van der Waals surface area contributed by atoms with Crippen molar-refractivity contribution < 1.29 is 14.3 Å². The Labute approximate surface area is 94.4 Å². The van der Waals surface area contributed by atoms with Crippen molar-refractivity contribution in [3.05, 3.63) is 29.8 Å². The van der Waals surface area contributed by atoms with Crippen LogP contribution in [0.1, 0.15) is 12.5 Å². The van der Waals surface area contributed by atoms with Crippen LogP contribution in [-0.4, -0.2) is 19.7 Å². The Bertz CT molecular complexity index is 409. The highest BCUT2D eigenvalue weighted by atomic mass is 16.5. The van der Waals surface area contributed by atoms with Gasteiger partial charge >= 0.3 is 5.97 Å². The van der Waals surface area contributed by atoms with E-state index in [4.69, 9.17) is 10.00 Å². The first-order valence-electron chi connectivity index (χ1n) is 4.88. The third-order valence-electron chi connectivity index (χ3n) is 2.07. The molecule has 0 spiro atoms. The number of carbonyl (C=O) groups is 1. The van der Waals surface area contributed by atoms with Crippen LogP contribution in [0, 0.1) is 17.2 Å². The number of hydrogen-bond donors (Lipinski definition) is 0. The second kappa shape index (κ2) is 5.76. The lowest BCUT2D eigenvalue weighted by molar-refractivity contribution is -0.145. The normalized spacial score (nSPS) is 11.3. The molecular weight excluding hydrogens is 206 g/mol. The summed E-state index contributed by atoms with van der Waals surface area (Å²) in [6, 6.07) is 8.81. The van der Waals surface area contributed by atoms with Crippen LogP contribution >= 0.6 is 0 Å². The van der Waals surface area contributed by atoms with Crippen molar-refractivity contribution in [2.45, 2.75) is 6.92 Å². The lowest BCUT2D eigenvalue weighted by Crippen LogP contribution is -2.19. The zero-order valence-electron chi connectivity index (χ0n) is 9.27. The van der Waals surface area contributed by atoms with E-state index in [0.717, 1.165) is 0 Å². The first-order chi connectivity index (χ1) is 7.67. The number of rotatable bonds is 4. The van der Waals surface area contributed by atoms with Crippen molar-refractivity contribution in [1.82, 2.24) is 0 Å². The molecule has 4 heteroatoms. The average molecular weight is 219 g/mol. The Morgan fingerprint density at radius 2 is 2.31 bits per heavy atom. The molecule has 0 saturated heterocycles. The summed E-state index contributed by atoms with van der Waals surface area (Å²) in [6.07, 6.45) is 0. The van der Waals surface area contributed by atoms with Crippen LogP contribution < -0.4 is 4.74 Å². The van der Waals surface area contributed by atoms with Gasteiger partial charge in [-0.15, -0.1) is 0 Å². The van der Waals surface area contributed by atoms with Crippen molar-refractivity contribution >= 4 is 5.97 Å². The van der Waals surface area contributed by atoms with Gasteiger partial charge in [0.1, 0.15) is 12.4 Å². The molecule has 1 aromatic carbocycles. The highest BCUT2D eigenvalue weighted by Gasteiger charge is 2.13. The number of nitrogens with zero attached hydrogens (tertiary/aromatic N) is 1. The van der Waals surface area contributed by atoms with Gasteiger partial charge in [-0.3, -0.25) is 4.79 Å². The van der Waals surface area contributed by atoms with Crippen LogP contribution in [0.4, 0.5) is 0 Å². The van der Waals surface area contributed by atoms with Crippen LogP contribution in [0.15, 0.2) is 24.3 Å². The summed E-state index contributed by atoms with van der Waals surface area (Å²) in [6.45, 7) is 1.96. The maximum atomic E-state index is 11.1. The number of esters is 1. The molecule has 0 aliphatic carbocycles. The summed E-state index contributed by atoms with van der Waals surface area (Å²) in [5.74, 6) is -0.0537. The van der Waals surface area contributed by atoms with Gasteiger partial charge in [-0.25, -0.2) is 0 Å². The Hall–Kier alpha value is -2.02. The smallest absolute Gasteiger partial charge is 0.311 e. The summed E-state index contributed by atoms with van der Waals surface area (Å²) in [5, 5.41) is 8.69. The van der Waals surface area contributed by atoms with Crippen molar-refractivity contribution in [1.29, 1.82) is 5.26 Å². The van der Waals surface area contributed by atoms with E-state index >= 15 is 0 Å². The molecule has 4 nitrogen and oxygen atoms in total. The fourth-order valence-corrected chi connectivity index (χ4v) is 1.15. The van der Waals surface area contributed by atoms with E-state index in [1.165, 1.54) is 7.11 Å². The Kier molecular flexibility index (Phi) is 4.34. The molecule has 0 aliphatic rings. The molecule has 0 aliphatic heterocycles. The highest BCUT2D eigenvalue weighted by Crippen LogP contribution is 2.13. The van der Waals surface area contributed by atoms with E-state index in [2.05, 4.69) is 4.74 Å². The van der Waals surface area contributed by atoms with Crippen molar-refractivity contribution in [3.8, 4) is 11.8 Å². The van der Waals surface area contributed by atoms with Gasteiger partial charge in [-0.05, 0) is 25.1 Å². The van der Waals surface area contributed by atoms with Crippen molar-refractivity contribution in [3.63, 3.8) is 0 Å². The predicted molar refractivity (Wildman–Crippen MR) is 57.8 cm³/mol. The SMILES string of the molecule is COC(=O)C(C)COc1cccc(C#N)c1. The third-order valence-corrected chi connectivity index (χ3v) is 2.07. The molecule has 0 amide bonds. The molecule has 1 aromatic rings. The predicted octanol–water partition coefficient (Wildman–Crippen LogP) is 1.75. The standard InChI is InChI=1S/C12H13NO3/c1-9(12(14)15-2)8-16-11-5-3-4-10(6-11)7-13/h3-6,9H,8H2,1-2H3. The van der Waals surface area contributed by atoms with Crippen LogP contribution in [0.25, 0.3) is 0 Å². The molecule has 16 heavy (non-hydrogen) atoms. The molecule has 0 radical (unpaired) electrons. The van der Waals surface area contributed by atoms with E-state index in [9.17, 15) is 4.79 Å². The summed E-state index contributed by atoms with van der Waals surface area (Å²) >= 11 is 0. The van der Waals surface area contributed by atoms with Crippen LogP contribution in [0.5, 0.6) is 5.75 Å². The number of benzene rings is 1. The molecule has 0 saturated carbocycles. The maximum Gasteiger partial charge on any atom is 0.311 e. The number of nitriles is 1. The van der Waals surface area contributed by atoms with E-state index < -0.39 is 0 Å². The fourth-order valence-electron chi connectivity index (χ4n) is 1.15. The molecule has 0 fully saturated rings. The summed E-state index contributed by atoms with van der Waals surface area (Å²) < 4.78 is 9.96. The quantitative estimate of drug-likeness (QED) is 0.724. The Morgan fingerprint density at radius 1 is 1.56 bits per heavy atom. The lowest BCUT2D eigenvalue weighted by Gasteiger charge is -2.10. The van der Waals surface area contributed by atoms with Gasteiger partial charge in [0.05, 0.1) is 24.7 Å². The monoisotopic (exact) mass is 219 g/mol. The average Bonchev–Trinajstić information content (AvgIpc) is 2.35. The van der Waals surface area contributed by atoms with E-state index in [1.807, 2.05) is 6.07 Å². The molecule has 84 valence electrons. The Balaban J connectivity index is 2.55. The molecular formula is C12H13NO3. The third kappa shape index (κ3) is 3.28. The molecule has 0 N–H and O–H groups in total. The van der Waals surface area contributed by atoms with Crippen molar-refractivity contribution in [2.24, 2.45) is 5.92 Å². The largest absolute Gasteiger partial charge is 0.493 e. The molecule has 1 atom stereocenters. The summed E-state index contributed by atoms with van der Waals surface area (Å²) in [4.78, 5) is 11.1. The number of ether oxygens (including phenoxy) is 2. The molecule has 1 rings (SSSR count). The minimum Gasteiger partial charge on any atom is -0.493 e. The van der Waals surface area contributed by atoms with Gasteiger partial charge in [-0.1, -0.05) is 6.07 Å². The van der Waals surface area contributed by atoms with Crippen LogP contribution in [0.3, 0.4) is 0 Å². The number of carbonyl (C=O) groups excluding carboxylic acids is 1. The lowest BCUT2D eigenvalue weighted by atomic mass is 10.2. The zero-order chi connectivity index (χ0) is 12.0. The molecule has 1 unspecified atom stereocenters. The molecule has 0 bridgehead atoms. The second-order valence-corrected chi connectivity index (χ2v) is 3.37. The fraction of sp³-hybridized carbons (Fsp3) is 0.333. The number of hydrogen-bond acceptors (Lipinski definition) is 4. The second-order valence-electron chi connectivity index (χ2n) is 3.37. The minimum absolute atomic E-state index is 0.238.